The van der Waals surface area contributed by atoms with Gasteiger partial charge in [0.05, 0.1) is 6.04 Å². The van der Waals surface area contributed by atoms with Crippen LogP contribution in [-0.2, 0) is 0 Å². The topological polar surface area (TPSA) is 38.8 Å². The summed E-state index contributed by atoms with van der Waals surface area (Å²) in [6, 6.07) is 13.9. The second-order valence-corrected chi connectivity index (χ2v) is 6.43. The van der Waals surface area contributed by atoms with Gasteiger partial charge in [0, 0.05) is 12.1 Å². The Balaban J connectivity index is 1.60. The van der Waals surface area contributed by atoms with E-state index >= 15 is 0 Å². The van der Waals surface area contributed by atoms with E-state index in [1.807, 2.05) is 48.2 Å². The highest BCUT2D eigenvalue weighted by atomic mass is 16.6. The van der Waals surface area contributed by atoms with Crippen molar-refractivity contribution >= 4 is 5.91 Å². The lowest BCUT2D eigenvalue weighted by Gasteiger charge is -2.27. The normalized spacial score (nSPS) is 19.4. The van der Waals surface area contributed by atoms with E-state index in [1.54, 1.807) is 0 Å². The van der Waals surface area contributed by atoms with Crippen LogP contribution in [0.4, 0.5) is 0 Å². The Morgan fingerprint density at radius 2 is 1.79 bits per heavy atom. The first kappa shape index (κ1) is 15.1. The molecule has 4 nitrogen and oxygen atoms in total. The van der Waals surface area contributed by atoms with Gasteiger partial charge in [0.25, 0.3) is 5.91 Å². The second-order valence-electron chi connectivity index (χ2n) is 6.43. The van der Waals surface area contributed by atoms with E-state index in [-0.39, 0.29) is 11.9 Å². The summed E-state index contributed by atoms with van der Waals surface area (Å²) in [5, 5.41) is 0. The number of carbonyl (C=O) groups is 1. The Morgan fingerprint density at radius 1 is 1.04 bits per heavy atom. The van der Waals surface area contributed by atoms with Gasteiger partial charge in [-0.05, 0) is 49.6 Å². The van der Waals surface area contributed by atoms with Crippen molar-refractivity contribution < 1.29 is 14.3 Å². The first-order chi connectivity index (χ1) is 11.7. The molecular weight excluding hydrogens is 302 g/mol. The SMILES string of the molecule is Cc1ccc(C(=O)N2CCC[C@@H]2c2ccc3c(c2)OCCO3)cc1. The predicted molar refractivity (Wildman–Crippen MR) is 91.6 cm³/mol. The molecule has 4 rings (SSSR count). The van der Waals surface area contributed by atoms with Gasteiger partial charge in [0.1, 0.15) is 13.2 Å². The van der Waals surface area contributed by atoms with Gasteiger partial charge in [-0.15, -0.1) is 0 Å². The van der Waals surface area contributed by atoms with Gasteiger partial charge in [-0.2, -0.15) is 0 Å². The first-order valence-corrected chi connectivity index (χ1v) is 8.49. The van der Waals surface area contributed by atoms with Gasteiger partial charge in [0.2, 0.25) is 0 Å². The van der Waals surface area contributed by atoms with E-state index < -0.39 is 0 Å². The molecule has 0 saturated carbocycles. The number of fused-ring (bicyclic) bond motifs is 1. The summed E-state index contributed by atoms with van der Waals surface area (Å²) < 4.78 is 11.3. The number of hydrogen-bond donors (Lipinski definition) is 0. The molecule has 0 unspecified atom stereocenters. The zero-order valence-corrected chi connectivity index (χ0v) is 13.8. The van der Waals surface area contributed by atoms with Crippen molar-refractivity contribution in [3.63, 3.8) is 0 Å². The van der Waals surface area contributed by atoms with Crippen LogP contribution in [-0.4, -0.2) is 30.6 Å². The number of hydrogen-bond acceptors (Lipinski definition) is 3. The van der Waals surface area contributed by atoms with Gasteiger partial charge < -0.3 is 14.4 Å². The van der Waals surface area contributed by atoms with Crippen molar-refractivity contribution in [2.45, 2.75) is 25.8 Å². The van der Waals surface area contributed by atoms with Crippen molar-refractivity contribution in [3.8, 4) is 11.5 Å². The minimum atomic E-state index is 0.104. The molecule has 2 aliphatic rings. The van der Waals surface area contributed by atoms with E-state index in [2.05, 4.69) is 6.07 Å². The lowest BCUT2D eigenvalue weighted by Crippen LogP contribution is -2.30. The molecule has 0 radical (unpaired) electrons. The molecule has 2 aromatic carbocycles. The van der Waals surface area contributed by atoms with Crippen LogP contribution in [0.3, 0.4) is 0 Å². The third-order valence-electron chi connectivity index (χ3n) is 4.76. The number of ether oxygens (including phenoxy) is 2. The fraction of sp³-hybridized carbons (Fsp3) is 0.350. The Morgan fingerprint density at radius 3 is 2.58 bits per heavy atom. The molecule has 0 aliphatic carbocycles. The third kappa shape index (κ3) is 2.73. The van der Waals surface area contributed by atoms with Crippen LogP contribution in [0.5, 0.6) is 11.5 Å². The van der Waals surface area contributed by atoms with E-state index in [0.29, 0.717) is 13.2 Å². The monoisotopic (exact) mass is 323 g/mol. The second kappa shape index (κ2) is 6.19. The minimum absolute atomic E-state index is 0.104. The Bertz CT molecular complexity index is 754. The molecule has 1 fully saturated rings. The largest absolute Gasteiger partial charge is 0.486 e. The molecule has 2 heterocycles. The average Bonchev–Trinajstić information content (AvgIpc) is 3.11. The van der Waals surface area contributed by atoms with Crippen LogP contribution in [0.25, 0.3) is 0 Å². The smallest absolute Gasteiger partial charge is 0.254 e. The molecule has 1 saturated heterocycles. The molecule has 124 valence electrons. The highest BCUT2D eigenvalue weighted by Gasteiger charge is 2.31. The number of carbonyl (C=O) groups excluding carboxylic acids is 1. The standard InChI is InChI=1S/C20H21NO3/c1-14-4-6-15(7-5-14)20(22)21-10-2-3-17(21)16-8-9-18-19(13-16)24-12-11-23-18/h4-9,13,17H,2-3,10-12H2,1H3/t17-/m1/s1. The van der Waals surface area contributed by atoms with Crippen molar-refractivity contribution in [2.24, 2.45) is 0 Å². The predicted octanol–water partition coefficient (Wildman–Crippen LogP) is 3.74. The summed E-state index contributed by atoms with van der Waals surface area (Å²) in [7, 11) is 0. The Labute approximate surface area is 142 Å². The number of likely N-dealkylation sites (tertiary alicyclic amines) is 1. The number of benzene rings is 2. The molecule has 0 N–H and O–H groups in total. The highest BCUT2D eigenvalue weighted by Crippen LogP contribution is 2.38. The van der Waals surface area contributed by atoms with Crippen molar-refractivity contribution in [2.75, 3.05) is 19.8 Å². The molecule has 4 heteroatoms. The van der Waals surface area contributed by atoms with Crippen molar-refractivity contribution in [1.29, 1.82) is 0 Å². The maximum Gasteiger partial charge on any atom is 0.254 e. The number of nitrogens with zero attached hydrogens (tertiary/aromatic N) is 1. The summed E-state index contributed by atoms with van der Waals surface area (Å²) in [5.41, 5.74) is 3.04. The van der Waals surface area contributed by atoms with Gasteiger partial charge in [-0.1, -0.05) is 23.8 Å². The van der Waals surface area contributed by atoms with Crippen LogP contribution >= 0.6 is 0 Å². The van der Waals surface area contributed by atoms with Crippen LogP contribution < -0.4 is 9.47 Å². The molecule has 24 heavy (non-hydrogen) atoms. The number of aryl methyl sites for hydroxylation is 1. The fourth-order valence-corrected chi connectivity index (χ4v) is 3.49. The van der Waals surface area contributed by atoms with E-state index in [4.69, 9.17) is 9.47 Å². The molecule has 2 aromatic rings. The highest BCUT2D eigenvalue weighted by molar-refractivity contribution is 5.94. The number of rotatable bonds is 2. The molecule has 2 aliphatic heterocycles. The number of amides is 1. The summed E-state index contributed by atoms with van der Waals surface area (Å²) in [6.45, 7) is 3.99. The minimum Gasteiger partial charge on any atom is -0.486 e. The van der Waals surface area contributed by atoms with Gasteiger partial charge in [0.15, 0.2) is 11.5 Å². The van der Waals surface area contributed by atoms with Crippen LogP contribution in [0.1, 0.15) is 40.4 Å². The molecule has 1 amide bonds. The van der Waals surface area contributed by atoms with Crippen molar-refractivity contribution in [1.82, 2.24) is 4.90 Å². The lowest BCUT2D eigenvalue weighted by atomic mass is 10.0. The molecule has 1 atom stereocenters. The summed E-state index contributed by atoms with van der Waals surface area (Å²) >= 11 is 0. The molecule has 0 spiro atoms. The Hall–Kier alpha value is -2.49. The first-order valence-electron chi connectivity index (χ1n) is 8.49. The van der Waals surface area contributed by atoms with Gasteiger partial charge >= 0.3 is 0 Å². The lowest BCUT2D eigenvalue weighted by molar-refractivity contribution is 0.0735. The molecule has 0 aromatic heterocycles. The quantitative estimate of drug-likeness (QED) is 0.845. The summed E-state index contributed by atoms with van der Waals surface area (Å²) in [6.07, 6.45) is 2.01. The summed E-state index contributed by atoms with van der Waals surface area (Å²) in [5.74, 6) is 1.68. The fourth-order valence-electron chi connectivity index (χ4n) is 3.49. The van der Waals surface area contributed by atoms with Crippen molar-refractivity contribution in [3.05, 3.63) is 59.2 Å². The maximum atomic E-state index is 12.9. The van der Waals surface area contributed by atoms with Crippen LogP contribution in [0.15, 0.2) is 42.5 Å². The average molecular weight is 323 g/mol. The van der Waals surface area contributed by atoms with Gasteiger partial charge in [-0.3, -0.25) is 4.79 Å². The maximum absolute atomic E-state index is 12.9. The van der Waals surface area contributed by atoms with Gasteiger partial charge in [-0.25, -0.2) is 0 Å². The Kier molecular flexibility index (Phi) is 3.89. The summed E-state index contributed by atoms with van der Waals surface area (Å²) in [4.78, 5) is 14.9. The van der Waals surface area contributed by atoms with E-state index in [1.165, 1.54) is 0 Å². The van der Waals surface area contributed by atoms with E-state index in [9.17, 15) is 4.79 Å². The van der Waals surface area contributed by atoms with Crippen LogP contribution in [0.2, 0.25) is 0 Å². The third-order valence-corrected chi connectivity index (χ3v) is 4.76. The zero-order chi connectivity index (χ0) is 16.5. The zero-order valence-electron chi connectivity index (χ0n) is 13.8. The van der Waals surface area contributed by atoms with Crippen LogP contribution in [0, 0.1) is 6.92 Å². The molecular formula is C20H21NO3. The molecule has 0 bridgehead atoms. The van der Waals surface area contributed by atoms with E-state index in [0.717, 1.165) is 47.6 Å².